The maximum Gasteiger partial charge on any atom is 0.330 e. The number of aromatic nitrogens is 1. The monoisotopic (exact) mass is 649 g/mol. The summed E-state index contributed by atoms with van der Waals surface area (Å²) in [5.41, 5.74) is 2.64. The molecule has 0 saturated carbocycles. The number of methoxy groups -OCH3 is 1. The summed E-state index contributed by atoms with van der Waals surface area (Å²) in [7, 11) is 1.32. The van der Waals surface area contributed by atoms with Crippen LogP contribution in [0, 0.1) is 0 Å². The summed E-state index contributed by atoms with van der Waals surface area (Å²) in [6.45, 7) is 4.28. The van der Waals surface area contributed by atoms with Crippen molar-refractivity contribution >= 4 is 46.7 Å². The first-order chi connectivity index (χ1) is 22.4. The number of hydrogen-bond acceptors (Lipinski definition) is 13. The molecule has 1 aromatic heterocycles. The zero-order valence-corrected chi connectivity index (χ0v) is 26.5. The van der Waals surface area contributed by atoms with Gasteiger partial charge in [-0.3, -0.25) is 24.2 Å². The Morgan fingerprint density at radius 1 is 0.809 bits per heavy atom. The van der Waals surface area contributed by atoms with E-state index in [1.54, 1.807) is 30.5 Å². The van der Waals surface area contributed by atoms with Crippen molar-refractivity contribution in [3.05, 3.63) is 77.6 Å². The van der Waals surface area contributed by atoms with Crippen molar-refractivity contribution < 1.29 is 57.1 Å². The molecule has 0 amide bonds. The summed E-state index contributed by atoms with van der Waals surface area (Å²) >= 11 is 0. The Hall–Kier alpha value is -5.30. The van der Waals surface area contributed by atoms with E-state index in [0.29, 0.717) is 12.2 Å². The van der Waals surface area contributed by atoms with E-state index in [2.05, 4.69) is 9.72 Å². The quantitative estimate of drug-likeness (QED) is 0.169. The Morgan fingerprint density at radius 3 is 2.11 bits per heavy atom. The molecule has 0 bridgehead atoms. The van der Waals surface area contributed by atoms with Gasteiger partial charge in [-0.2, -0.15) is 0 Å². The molecule has 1 saturated heterocycles. The van der Waals surface area contributed by atoms with Crippen molar-refractivity contribution in [2.24, 2.45) is 0 Å². The highest BCUT2D eigenvalue weighted by molar-refractivity contribution is 5.87. The van der Waals surface area contributed by atoms with E-state index in [-0.39, 0.29) is 6.61 Å². The summed E-state index contributed by atoms with van der Waals surface area (Å²) < 4.78 is 38.3. The van der Waals surface area contributed by atoms with Gasteiger partial charge in [0.15, 0.2) is 12.2 Å². The van der Waals surface area contributed by atoms with Crippen LogP contribution in [-0.2, 0) is 58.8 Å². The lowest BCUT2D eigenvalue weighted by atomic mass is 9.98. The number of pyridine rings is 1. The van der Waals surface area contributed by atoms with E-state index in [9.17, 15) is 24.0 Å². The Labute approximate surface area is 270 Å². The fourth-order valence-corrected chi connectivity index (χ4v) is 5.02. The average Bonchev–Trinajstić information content (AvgIpc) is 3.01. The van der Waals surface area contributed by atoms with Crippen LogP contribution in [0.15, 0.2) is 60.8 Å². The highest BCUT2D eigenvalue weighted by Gasteiger charge is 2.53. The molecule has 0 unspecified atom stereocenters. The average molecular weight is 650 g/mol. The molecule has 0 radical (unpaired) electrons. The second-order valence-electron chi connectivity index (χ2n) is 10.6. The minimum Gasteiger partial charge on any atom is -0.466 e. The topological polar surface area (TPSA) is 163 Å². The second kappa shape index (κ2) is 15.8. The summed E-state index contributed by atoms with van der Waals surface area (Å²) in [5.74, 6) is -2.94. The maximum absolute atomic E-state index is 12.1. The van der Waals surface area contributed by atoms with Crippen LogP contribution in [0.4, 0.5) is 0 Å². The van der Waals surface area contributed by atoms with Gasteiger partial charge in [0.25, 0.3) is 0 Å². The van der Waals surface area contributed by atoms with E-state index < -0.39 is 60.6 Å². The SMILES string of the molecule is COC(=O)/C=C/c1ccc(Cc2nccc3cc(O[C@@H]4O[C@H](COC(C)=O)[C@@H](OC(C)=O)[C@H](OC(C)=O)[C@H]4OC(C)=O)ccc23)cc1. The normalized spacial score (nSPS) is 20.7. The van der Waals surface area contributed by atoms with E-state index in [0.717, 1.165) is 48.4 Å². The van der Waals surface area contributed by atoms with Crippen molar-refractivity contribution in [1.29, 1.82) is 0 Å². The van der Waals surface area contributed by atoms with Crippen LogP contribution < -0.4 is 4.74 Å². The fraction of sp³-hybridized carbons (Fsp3) is 0.353. The molecule has 4 rings (SSSR count). The van der Waals surface area contributed by atoms with Gasteiger partial charge in [0.2, 0.25) is 12.4 Å². The number of benzene rings is 2. The van der Waals surface area contributed by atoms with E-state index in [1.165, 1.54) is 20.1 Å². The minimum atomic E-state index is -1.36. The van der Waals surface area contributed by atoms with Gasteiger partial charge in [-0.15, -0.1) is 0 Å². The molecule has 2 heterocycles. The number of esters is 5. The van der Waals surface area contributed by atoms with Crippen molar-refractivity contribution in [3.63, 3.8) is 0 Å². The fourth-order valence-electron chi connectivity index (χ4n) is 5.02. The molecular formula is C34H35NO12. The van der Waals surface area contributed by atoms with Crippen LogP contribution in [0.2, 0.25) is 0 Å². The van der Waals surface area contributed by atoms with Gasteiger partial charge < -0.3 is 33.2 Å². The third-order valence-electron chi connectivity index (χ3n) is 6.98. The number of carbonyl (C=O) groups is 5. The highest BCUT2D eigenvalue weighted by Crippen LogP contribution is 2.32. The van der Waals surface area contributed by atoms with Gasteiger partial charge in [0, 0.05) is 51.8 Å². The summed E-state index contributed by atoms with van der Waals surface area (Å²) in [6, 6.07) is 14.7. The molecule has 47 heavy (non-hydrogen) atoms. The molecule has 2 aromatic carbocycles. The molecule has 3 aromatic rings. The first-order valence-corrected chi connectivity index (χ1v) is 14.6. The number of hydrogen-bond donors (Lipinski definition) is 0. The minimum absolute atomic E-state index is 0.317. The Morgan fingerprint density at radius 2 is 1.47 bits per heavy atom. The van der Waals surface area contributed by atoms with Crippen LogP contribution in [0.25, 0.3) is 16.8 Å². The molecule has 13 heteroatoms. The first kappa shape index (κ1) is 34.6. The van der Waals surface area contributed by atoms with Gasteiger partial charge in [0.05, 0.1) is 12.8 Å². The maximum atomic E-state index is 12.1. The molecule has 13 nitrogen and oxygen atoms in total. The Bertz CT molecular complexity index is 1650. The summed E-state index contributed by atoms with van der Waals surface area (Å²) in [6.07, 6.45) is -1.28. The number of ether oxygens (including phenoxy) is 7. The lowest BCUT2D eigenvalue weighted by molar-refractivity contribution is -0.288. The molecule has 1 fully saturated rings. The van der Waals surface area contributed by atoms with Crippen molar-refractivity contribution in [3.8, 4) is 5.75 Å². The van der Waals surface area contributed by atoms with Crippen LogP contribution >= 0.6 is 0 Å². The van der Waals surface area contributed by atoms with Crippen LogP contribution in [0.1, 0.15) is 44.5 Å². The second-order valence-corrected chi connectivity index (χ2v) is 10.6. The summed E-state index contributed by atoms with van der Waals surface area (Å²) in [5, 5.41) is 1.65. The molecular weight excluding hydrogens is 614 g/mol. The molecule has 0 spiro atoms. The van der Waals surface area contributed by atoms with E-state index in [4.69, 9.17) is 28.4 Å². The Kier molecular flexibility index (Phi) is 11.6. The zero-order valence-electron chi connectivity index (χ0n) is 26.5. The van der Waals surface area contributed by atoms with Crippen molar-refractivity contribution in [1.82, 2.24) is 4.98 Å². The van der Waals surface area contributed by atoms with E-state index >= 15 is 0 Å². The molecule has 1 aliphatic rings. The predicted molar refractivity (Wildman–Crippen MR) is 165 cm³/mol. The highest BCUT2D eigenvalue weighted by atomic mass is 16.7. The number of fused-ring (bicyclic) bond motifs is 1. The first-order valence-electron chi connectivity index (χ1n) is 14.6. The lowest BCUT2D eigenvalue weighted by Crippen LogP contribution is -2.63. The number of nitrogens with zero attached hydrogens (tertiary/aromatic N) is 1. The third kappa shape index (κ3) is 9.60. The molecule has 0 aliphatic carbocycles. The zero-order chi connectivity index (χ0) is 34.1. The Balaban J connectivity index is 1.61. The van der Waals surface area contributed by atoms with E-state index in [1.807, 2.05) is 30.3 Å². The van der Waals surface area contributed by atoms with Crippen LogP contribution in [0.5, 0.6) is 5.75 Å². The van der Waals surface area contributed by atoms with Crippen LogP contribution in [-0.4, -0.2) is 79.3 Å². The number of rotatable bonds is 11. The molecule has 1 aliphatic heterocycles. The van der Waals surface area contributed by atoms with Gasteiger partial charge in [-0.05, 0) is 46.9 Å². The van der Waals surface area contributed by atoms with Gasteiger partial charge >= 0.3 is 29.8 Å². The number of carbonyl (C=O) groups excluding carboxylic acids is 5. The van der Waals surface area contributed by atoms with Gasteiger partial charge in [0.1, 0.15) is 18.5 Å². The largest absolute Gasteiger partial charge is 0.466 e. The summed E-state index contributed by atoms with van der Waals surface area (Å²) in [4.78, 5) is 63.8. The van der Waals surface area contributed by atoms with Crippen molar-refractivity contribution in [2.75, 3.05) is 13.7 Å². The molecule has 5 atom stereocenters. The van der Waals surface area contributed by atoms with Gasteiger partial charge in [-0.25, -0.2) is 4.79 Å². The predicted octanol–water partition coefficient (Wildman–Crippen LogP) is 3.47. The van der Waals surface area contributed by atoms with Crippen LogP contribution in [0.3, 0.4) is 0 Å². The van der Waals surface area contributed by atoms with Crippen molar-refractivity contribution in [2.45, 2.75) is 64.8 Å². The van der Waals surface area contributed by atoms with Gasteiger partial charge in [-0.1, -0.05) is 24.3 Å². The lowest BCUT2D eigenvalue weighted by Gasteiger charge is -2.43. The molecule has 248 valence electrons. The smallest absolute Gasteiger partial charge is 0.330 e. The standard InChI is InChI=1S/C34H35NO12/c1-19(36)42-18-29-31(43-20(2)37)32(44-21(3)38)33(45-22(4)39)34(47-29)46-26-11-12-27-25(17-26)14-15-35-28(27)16-24-8-6-23(7-9-24)10-13-30(40)41-5/h6-15,17,29,31-34H,16,18H2,1-5H3/b13-10+/t29-,31-,32+,33-,34-/m1/s1. The molecule has 0 N–H and O–H groups in total. The third-order valence-corrected chi connectivity index (χ3v) is 6.98.